The van der Waals surface area contributed by atoms with E-state index in [0.717, 1.165) is 11.3 Å². The lowest BCUT2D eigenvalue weighted by Crippen LogP contribution is -2.04. The van der Waals surface area contributed by atoms with E-state index >= 15 is 0 Å². The number of aromatic hydroxyl groups is 1. The van der Waals surface area contributed by atoms with E-state index in [-0.39, 0.29) is 5.75 Å². The molecule has 0 amide bonds. The molecule has 1 aromatic rings. The van der Waals surface area contributed by atoms with E-state index in [1.807, 2.05) is 13.0 Å². The Morgan fingerprint density at radius 2 is 2.00 bits per heavy atom. The number of phenolic OH excluding ortho intramolecular Hbond substituents is 1. The molecule has 72 valence electrons. The Labute approximate surface area is 79.2 Å². The van der Waals surface area contributed by atoms with Gasteiger partial charge in [-0.3, -0.25) is 0 Å². The van der Waals surface area contributed by atoms with E-state index in [0.29, 0.717) is 12.5 Å². The zero-order chi connectivity index (χ0) is 9.84. The van der Waals surface area contributed by atoms with E-state index in [2.05, 4.69) is 13.8 Å². The van der Waals surface area contributed by atoms with Crippen molar-refractivity contribution in [1.29, 1.82) is 0 Å². The van der Waals surface area contributed by atoms with Gasteiger partial charge in [0.1, 0.15) is 11.5 Å². The Bertz CT molecular complexity index is 259. The standard InChI is InChI=1S/C11H16O2/c1-8(2)7-13-11-5-9(3)4-10(12)6-11/h4-6,8,12H,7H2,1-3H3. The highest BCUT2D eigenvalue weighted by Crippen LogP contribution is 2.21. The SMILES string of the molecule is Cc1cc(O)cc(OCC(C)C)c1. The van der Waals surface area contributed by atoms with Gasteiger partial charge in [0.05, 0.1) is 6.61 Å². The molecule has 0 atom stereocenters. The fourth-order valence-electron chi connectivity index (χ4n) is 1.07. The molecule has 0 spiro atoms. The summed E-state index contributed by atoms with van der Waals surface area (Å²) in [5, 5.41) is 9.28. The van der Waals surface area contributed by atoms with Crippen LogP contribution in [0.5, 0.6) is 11.5 Å². The summed E-state index contributed by atoms with van der Waals surface area (Å²) in [7, 11) is 0. The summed E-state index contributed by atoms with van der Waals surface area (Å²) in [6, 6.07) is 5.26. The van der Waals surface area contributed by atoms with Gasteiger partial charge in [-0.15, -0.1) is 0 Å². The molecule has 0 aliphatic rings. The number of ether oxygens (including phenoxy) is 1. The van der Waals surface area contributed by atoms with Crippen LogP contribution in [0, 0.1) is 12.8 Å². The van der Waals surface area contributed by atoms with E-state index < -0.39 is 0 Å². The Kier molecular flexibility index (Phi) is 3.18. The Hall–Kier alpha value is -1.18. The minimum absolute atomic E-state index is 0.263. The zero-order valence-corrected chi connectivity index (χ0v) is 8.37. The first-order valence-corrected chi connectivity index (χ1v) is 4.51. The molecule has 1 N–H and O–H groups in total. The molecule has 0 unspecified atom stereocenters. The van der Waals surface area contributed by atoms with Crippen molar-refractivity contribution in [2.75, 3.05) is 6.61 Å². The van der Waals surface area contributed by atoms with Crippen molar-refractivity contribution in [1.82, 2.24) is 0 Å². The summed E-state index contributed by atoms with van der Waals surface area (Å²) in [4.78, 5) is 0. The average molecular weight is 180 g/mol. The molecule has 0 aromatic heterocycles. The van der Waals surface area contributed by atoms with Gasteiger partial charge in [-0.05, 0) is 30.5 Å². The minimum atomic E-state index is 0.263. The van der Waals surface area contributed by atoms with Gasteiger partial charge in [0, 0.05) is 6.07 Å². The fourth-order valence-corrected chi connectivity index (χ4v) is 1.07. The highest BCUT2D eigenvalue weighted by molar-refractivity contribution is 5.36. The molecule has 1 rings (SSSR count). The van der Waals surface area contributed by atoms with Crippen molar-refractivity contribution in [3.05, 3.63) is 23.8 Å². The summed E-state index contributed by atoms with van der Waals surface area (Å²) >= 11 is 0. The quantitative estimate of drug-likeness (QED) is 0.775. The second kappa shape index (κ2) is 4.17. The van der Waals surface area contributed by atoms with Gasteiger partial charge in [-0.25, -0.2) is 0 Å². The third-order valence-corrected chi connectivity index (χ3v) is 1.62. The van der Waals surface area contributed by atoms with Crippen LogP contribution in [-0.2, 0) is 0 Å². The van der Waals surface area contributed by atoms with Crippen LogP contribution in [0.15, 0.2) is 18.2 Å². The van der Waals surface area contributed by atoms with Crippen molar-refractivity contribution < 1.29 is 9.84 Å². The molecule has 0 fully saturated rings. The number of benzene rings is 1. The number of hydrogen-bond donors (Lipinski definition) is 1. The van der Waals surface area contributed by atoms with Crippen LogP contribution in [-0.4, -0.2) is 11.7 Å². The zero-order valence-electron chi connectivity index (χ0n) is 8.37. The van der Waals surface area contributed by atoms with E-state index in [1.165, 1.54) is 0 Å². The van der Waals surface area contributed by atoms with Crippen LogP contribution in [0.3, 0.4) is 0 Å². The van der Waals surface area contributed by atoms with Crippen LogP contribution in [0.1, 0.15) is 19.4 Å². The highest BCUT2D eigenvalue weighted by Gasteiger charge is 1.99. The molecule has 0 bridgehead atoms. The van der Waals surface area contributed by atoms with Gasteiger partial charge < -0.3 is 9.84 Å². The second-order valence-electron chi connectivity index (χ2n) is 3.71. The first kappa shape index (κ1) is 9.90. The summed E-state index contributed by atoms with van der Waals surface area (Å²) in [5.41, 5.74) is 1.01. The smallest absolute Gasteiger partial charge is 0.123 e. The van der Waals surface area contributed by atoms with Crippen molar-refractivity contribution in [2.24, 2.45) is 5.92 Å². The molecule has 0 saturated carbocycles. The molecular formula is C11H16O2. The van der Waals surface area contributed by atoms with Gasteiger partial charge in [-0.1, -0.05) is 13.8 Å². The largest absolute Gasteiger partial charge is 0.508 e. The molecule has 0 aliphatic carbocycles. The van der Waals surface area contributed by atoms with Crippen LogP contribution >= 0.6 is 0 Å². The lowest BCUT2D eigenvalue weighted by Gasteiger charge is -2.09. The van der Waals surface area contributed by atoms with Gasteiger partial charge in [0.2, 0.25) is 0 Å². The summed E-state index contributed by atoms with van der Waals surface area (Å²) in [6.07, 6.45) is 0. The van der Waals surface area contributed by atoms with Gasteiger partial charge >= 0.3 is 0 Å². The third-order valence-electron chi connectivity index (χ3n) is 1.62. The second-order valence-corrected chi connectivity index (χ2v) is 3.71. The normalized spacial score (nSPS) is 10.5. The molecular weight excluding hydrogens is 164 g/mol. The predicted molar refractivity (Wildman–Crippen MR) is 53.2 cm³/mol. The monoisotopic (exact) mass is 180 g/mol. The number of phenols is 1. The van der Waals surface area contributed by atoms with Crippen molar-refractivity contribution >= 4 is 0 Å². The van der Waals surface area contributed by atoms with E-state index in [4.69, 9.17) is 4.74 Å². The summed E-state index contributed by atoms with van der Waals surface area (Å²) < 4.78 is 5.47. The molecule has 0 aliphatic heterocycles. The van der Waals surface area contributed by atoms with Gasteiger partial charge in [0.15, 0.2) is 0 Å². The topological polar surface area (TPSA) is 29.5 Å². The van der Waals surface area contributed by atoms with Crippen molar-refractivity contribution in [2.45, 2.75) is 20.8 Å². The first-order chi connectivity index (χ1) is 6.08. The summed E-state index contributed by atoms with van der Waals surface area (Å²) in [6.45, 7) is 6.80. The van der Waals surface area contributed by atoms with Crippen LogP contribution in [0.2, 0.25) is 0 Å². The van der Waals surface area contributed by atoms with Gasteiger partial charge in [0.25, 0.3) is 0 Å². The Morgan fingerprint density at radius 3 is 2.54 bits per heavy atom. The lowest BCUT2D eigenvalue weighted by molar-refractivity contribution is 0.270. The molecule has 0 heterocycles. The molecule has 0 saturated heterocycles. The molecule has 1 aromatic carbocycles. The van der Waals surface area contributed by atoms with Crippen LogP contribution < -0.4 is 4.74 Å². The van der Waals surface area contributed by atoms with E-state index in [1.54, 1.807) is 12.1 Å². The maximum Gasteiger partial charge on any atom is 0.123 e. The Morgan fingerprint density at radius 1 is 1.31 bits per heavy atom. The van der Waals surface area contributed by atoms with Crippen LogP contribution in [0.4, 0.5) is 0 Å². The molecule has 2 heteroatoms. The van der Waals surface area contributed by atoms with Crippen molar-refractivity contribution in [3.8, 4) is 11.5 Å². The highest BCUT2D eigenvalue weighted by atomic mass is 16.5. The predicted octanol–water partition coefficient (Wildman–Crippen LogP) is 2.74. The number of aryl methyl sites for hydroxylation is 1. The average Bonchev–Trinajstić information content (AvgIpc) is 1.99. The summed E-state index contributed by atoms with van der Waals surface area (Å²) in [5.74, 6) is 1.51. The first-order valence-electron chi connectivity index (χ1n) is 4.51. The van der Waals surface area contributed by atoms with E-state index in [9.17, 15) is 5.11 Å². The molecule has 2 nitrogen and oxygen atoms in total. The fraction of sp³-hybridized carbons (Fsp3) is 0.455. The number of hydrogen-bond acceptors (Lipinski definition) is 2. The Balaban J connectivity index is 2.66. The number of rotatable bonds is 3. The minimum Gasteiger partial charge on any atom is -0.508 e. The lowest BCUT2D eigenvalue weighted by atomic mass is 10.2. The third kappa shape index (κ3) is 3.36. The molecule has 13 heavy (non-hydrogen) atoms. The maximum absolute atomic E-state index is 9.28. The van der Waals surface area contributed by atoms with Gasteiger partial charge in [-0.2, -0.15) is 0 Å². The molecule has 0 radical (unpaired) electrons. The van der Waals surface area contributed by atoms with Crippen LogP contribution in [0.25, 0.3) is 0 Å². The van der Waals surface area contributed by atoms with Crippen molar-refractivity contribution in [3.63, 3.8) is 0 Å². The maximum atomic E-state index is 9.28.